The van der Waals surface area contributed by atoms with Gasteiger partial charge < -0.3 is 21.3 Å². The van der Waals surface area contributed by atoms with Crippen molar-refractivity contribution in [3.05, 3.63) is 71.7 Å². The largest absolute Gasteiger partial charge is 0.397 e. The summed E-state index contributed by atoms with van der Waals surface area (Å²) in [7, 11) is 0. The van der Waals surface area contributed by atoms with Gasteiger partial charge in [0.25, 0.3) is 5.91 Å². The Bertz CT molecular complexity index is 1220. The lowest BCUT2D eigenvalue weighted by Gasteiger charge is -2.43. The second kappa shape index (κ2) is 9.08. The highest BCUT2D eigenvalue weighted by Crippen LogP contribution is 2.43. The number of pyridine rings is 2. The summed E-state index contributed by atoms with van der Waals surface area (Å²) in [5.41, 5.74) is 6.62. The van der Waals surface area contributed by atoms with E-state index >= 15 is 0 Å². The Morgan fingerprint density at radius 3 is 2.65 bits per heavy atom. The van der Waals surface area contributed by atoms with E-state index < -0.39 is 29.2 Å². The predicted octanol–water partition coefficient (Wildman–Crippen LogP) is 3.88. The fraction of sp³-hybridized carbons (Fsp3) is 0.320. The summed E-state index contributed by atoms with van der Waals surface area (Å²) in [5, 5.41) is 23.8. The van der Waals surface area contributed by atoms with E-state index in [0.717, 1.165) is 17.7 Å². The molecule has 34 heavy (non-hydrogen) atoms. The number of aromatic nitrogens is 2. The zero-order chi connectivity index (χ0) is 24.6. The molecule has 5 N–H and O–H groups in total. The van der Waals surface area contributed by atoms with E-state index in [9.17, 15) is 23.8 Å². The van der Waals surface area contributed by atoms with Crippen LogP contribution in [0.15, 0.2) is 48.8 Å². The van der Waals surface area contributed by atoms with Crippen molar-refractivity contribution >= 4 is 17.3 Å². The molecule has 1 aliphatic carbocycles. The van der Waals surface area contributed by atoms with E-state index in [4.69, 9.17) is 5.73 Å². The molecular weight excluding hydrogens is 442 g/mol. The van der Waals surface area contributed by atoms with Gasteiger partial charge in [-0.15, -0.1) is 0 Å². The summed E-state index contributed by atoms with van der Waals surface area (Å²) in [5.74, 6) is -2.87. The fourth-order valence-corrected chi connectivity index (χ4v) is 4.37. The molecule has 1 saturated carbocycles. The van der Waals surface area contributed by atoms with Crippen LogP contribution in [0.5, 0.6) is 0 Å². The first-order chi connectivity index (χ1) is 16.1. The number of benzene rings is 1. The number of aliphatic hydroxyl groups is 2. The molecular formula is C25H26F2N4O3. The molecule has 0 spiro atoms. The third kappa shape index (κ3) is 4.49. The van der Waals surface area contributed by atoms with Crippen molar-refractivity contribution in [3.8, 4) is 11.3 Å². The molecule has 0 unspecified atom stereocenters. The van der Waals surface area contributed by atoms with Gasteiger partial charge in [-0.05, 0) is 73.6 Å². The Hall–Kier alpha value is -3.43. The van der Waals surface area contributed by atoms with Crippen LogP contribution in [0.25, 0.3) is 11.3 Å². The number of nitrogens with two attached hydrogens (primary N) is 1. The molecule has 9 heteroatoms. The van der Waals surface area contributed by atoms with Crippen molar-refractivity contribution in [2.45, 2.75) is 44.3 Å². The van der Waals surface area contributed by atoms with E-state index in [1.807, 2.05) is 6.92 Å². The molecule has 2 aromatic heterocycles. The van der Waals surface area contributed by atoms with Gasteiger partial charge >= 0.3 is 0 Å². The van der Waals surface area contributed by atoms with E-state index in [2.05, 4.69) is 15.3 Å². The van der Waals surface area contributed by atoms with Gasteiger partial charge in [-0.3, -0.25) is 9.78 Å². The molecule has 178 valence electrons. The average molecular weight is 469 g/mol. The van der Waals surface area contributed by atoms with E-state index in [1.54, 1.807) is 19.2 Å². The van der Waals surface area contributed by atoms with Crippen LogP contribution in [0.4, 0.5) is 20.2 Å². The minimum atomic E-state index is -1.19. The third-order valence-electron chi connectivity index (χ3n) is 6.72. The molecule has 4 rings (SSSR count). The number of halogens is 2. The average Bonchev–Trinajstić information content (AvgIpc) is 2.80. The highest BCUT2D eigenvalue weighted by molar-refractivity contribution is 6.06. The lowest BCUT2D eigenvalue weighted by molar-refractivity contribution is -0.123. The first kappa shape index (κ1) is 23.7. The van der Waals surface area contributed by atoms with Crippen LogP contribution in [0.2, 0.25) is 0 Å². The van der Waals surface area contributed by atoms with Crippen LogP contribution in [-0.2, 0) is 0 Å². The van der Waals surface area contributed by atoms with Crippen molar-refractivity contribution in [1.29, 1.82) is 0 Å². The number of anilines is 2. The second-order valence-electron chi connectivity index (χ2n) is 8.99. The minimum absolute atomic E-state index is 0.0722. The Balaban J connectivity index is 1.61. The highest BCUT2D eigenvalue weighted by atomic mass is 19.2. The van der Waals surface area contributed by atoms with Crippen LogP contribution in [-0.4, -0.2) is 37.8 Å². The van der Waals surface area contributed by atoms with Gasteiger partial charge in [0.05, 0.1) is 35.0 Å². The van der Waals surface area contributed by atoms with E-state index in [-0.39, 0.29) is 28.9 Å². The van der Waals surface area contributed by atoms with Gasteiger partial charge in [0.15, 0.2) is 17.3 Å². The first-order valence-electron chi connectivity index (χ1n) is 11.0. The van der Waals surface area contributed by atoms with Crippen molar-refractivity contribution in [3.63, 3.8) is 0 Å². The summed E-state index contributed by atoms with van der Waals surface area (Å²) >= 11 is 0. The molecule has 0 saturated heterocycles. The Morgan fingerprint density at radius 1 is 1.18 bits per heavy atom. The Kier molecular flexibility index (Phi) is 6.33. The number of amides is 1. The smallest absolute Gasteiger partial charge is 0.276 e. The lowest BCUT2D eigenvalue weighted by atomic mass is 9.69. The van der Waals surface area contributed by atoms with Crippen molar-refractivity contribution < 1.29 is 23.8 Å². The molecule has 1 aliphatic rings. The summed E-state index contributed by atoms with van der Waals surface area (Å²) in [6, 6.07) is 8.12. The zero-order valence-corrected chi connectivity index (χ0v) is 18.8. The number of hydrogen-bond acceptors (Lipinski definition) is 6. The zero-order valence-electron chi connectivity index (χ0n) is 18.8. The summed E-state index contributed by atoms with van der Waals surface area (Å²) in [6.45, 7) is 3.51. The molecule has 3 aromatic rings. The molecule has 1 aromatic carbocycles. The fourth-order valence-electron chi connectivity index (χ4n) is 4.37. The summed E-state index contributed by atoms with van der Waals surface area (Å²) in [6.07, 6.45) is 3.14. The standard InChI is InChI=1S/C25H26F2N4O3/c1-13-9-15(11-22(32)25(13,2)34)16-7-8-29-12-21(16)31-24(33)23-19(28)5-6-20(30-23)14-3-4-17(26)18(27)10-14/h3-8,10,12-13,15,22,32,34H,9,11,28H2,1-2H3,(H,31,33)/t13-,15+,22+,25+/m0/s1. The number of nitrogens with zero attached hydrogens (tertiary/aromatic N) is 2. The molecule has 1 fully saturated rings. The molecule has 0 bridgehead atoms. The number of hydrogen-bond donors (Lipinski definition) is 4. The minimum Gasteiger partial charge on any atom is -0.397 e. The summed E-state index contributed by atoms with van der Waals surface area (Å²) in [4.78, 5) is 21.5. The molecule has 7 nitrogen and oxygen atoms in total. The highest BCUT2D eigenvalue weighted by Gasteiger charge is 2.43. The van der Waals surface area contributed by atoms with Gasteiger partial charge in [-0.25, -0.2) is 13.8 Å². The molecule has 4 atom stereocenters. The van der Waals surface area contributed by atoms with Gasteiger partial charge in [0.2, 0.25) is 0 Å². The molecule has 2 heterocycles. The third-order valence-corrected chi connectivity index (χ3v) is 6.72. The topological polar surface area (TPSA) is 121 Å². The van der Waals surface area contributed by atoms with Crippen molar-refractivity contribution in [2.75, 3.05) is 11.1 Å². The SMILES string of the molecule is C[C@H]1C[C@@H](c2ccncc2NC(=O)c2nc(-c3ccc(F)c(F)c3)ccc2N)C[C@@H](O)[C@]1(C)O. The number of carbonyl (C=O) groups is 1. The van der Waals surface area contributed by atoms with E-state index in [1.165, 1.54) is 24.4 Å². The molecule has 0 aliphatic heterocycles. The normalized spacial score (nSPS) is 24.6. The van der Waals surface area contributed by atoms with Crippen molar-refractivity contribution in [1.82, 2.24) is 9.97 Å². The molecule has 0 radical (unpaired) electrons. The summed E-state index contributed by atoms with van der Waals surface area (Å²) < 4.78 is 27.0. The number of aliphatic hydroxyl groups excluding tert-OH is 1. The maximum Gasteiger partial charge on any atom is 0.276 e. The number of nitrogen functional groups attached to an aromatic ring is 1. The monoisotopic (exact) mass is 468 g/mol. The van der Waals surface area contributed by atoms with Crippen LogP contribution in [0.1, 0.15) is 48.7 Å². The number of rotatable bonds is 4. The number of nitrogens with one attached hydrogen (secondary N) is 1. The second-order valence-corrected chi connectivity index (χ2v) is 8.99. The lowest BCUT2D eigenvalue weighted by Crippen LogP contribution is -2.49. The predicted molar refractivity (Wildman–Crippen MR) is 124 cm³/mol. The van der Waals surface area contributed by atoms with Crippen LogP contribution in [0, 0.1) is 17.6 Å². The maximum absolute atomic E-state index is 13.7. The Morgan fingerprint density at radius 2 is 1.94 bits per heavy atom. The number of carbonyl (C=O) groups excluding carboxylic acids is 1. The van der Waals surface area contributed by atoms with Crippen LogP contribution < -0.4 is 11.1 Å². The van der Waals surface area contributed by atoms with Crippen LogP contribution >= 0.6 is 0 Å². The Labute approximate surface area is 195 Å². The van der Waals surface area contributed by atoms with Gasteiger partial charge in [0, 0.05) is 11.8 Å². The maximum atomic E-state index is 13.7. The quantitative estimate of drug-likeness (QED) is 0.461. The molecule has 1 amide bonds. The van der Waals surface area contributed by atoms with E-state index in [0.29, 0.717) is 24.1 Å². The van der Waals surface area contributed by atoms with Gasteiger partial charge in [-0.2, -0.15) is 0 Å². The van der Waals surface area contributed by atoms with Gasteiger partial charge in [0.1, 0.15) is 0 Å². The first-order valence-corrected chi connectivity index (χ1v) is 11.0. The van der Waals surface area contributed by atoms with Crippen molar-refractivity contribution in [2.24, 2.45) is 5.92 Å². The van der Waals surface area contributed by atoms with Gasteiger partial charge in [-0.1, -0.05) is 6.92 Å². The van der Waals surface area contributed by atoms with Crippen LogP contribution in [0.3, 0.4) is 0 Å².